The van der Waals surface area contributed by atoms with Crippen LogP contribution in [0.25, 0.3) is 0 Å². The minimum Gasteiger partial charge on any atom is -0.394 e. The zero-order valence-corrected chi connectivity index (χ0v) is 16.4. The summed E-state index contributed by atoms with van der Waals surface area (Å²) >= 11 is 0. The van der Waals surface area contributed by atoms with Gasteiger partial charge in [0.15, 0.2) is 0 Å². The van der Waals surface area contributed by atoms with E-state index in [2.05, 4.69) is 17.2 Å². The lowest BCUT2D eigenvalue weighted by molar-refractivity contribution is -0.132. The zero-order chi connectivity index (χ0) is 20.4. The number of carbonyl (C=O) groups is 2. The van der Waals surface area contributed by atoms with Crippen molar-refractivity contribution in [1.82, 2.24) is 10.6 Å². The number of amides is 2. The Morgan fingerprint density at radius 3 is 2.43 bits per heavy atom. The van der Waals surface area contributed by atoms with Gasteiger partial charge in [-0.2, -0.15) is 0 Å². The van der Waals surface area contributed by atoms with E-state index in [1.807, 2.05) is 30.3 Å². The Balaban J connectivity index is 1.93. The summed E-state index contributed by atoms with van der Waals surface area (Å²) in [6.45, 7) is 3.43. The molecule has 1 fully saturated rings. The van der Waals surface area contributed by atoms with E-state index in [0.717, 1.165) is 31.2 Å². The SMILES string of the molecule is C=CCC(CC(=O)NC(CO)Cc1ccccc1)C(=O)NC1(CO)CCCC1. The molecule has 0 aliphatic heterocycles. The first-order valence-corrected chi connectivity index (χ1v) is 10.00. The Morgan fingerprint density at radius 2 is 1.86 bits per heavy atom. The van der Waals surface area contributed by atoms with E-state index in [4.69, 9.17) is 0 Å². The third kappa shape index (κ3) is 6.46. The molecule has 0 saturated heterocycles. The van der Waals surface area contributed by atoms with E-state index in [1.165, 1.54) is 0 Å². The molecule has 6 nitrogen and oxygen atoms in total. The summed E-state index contributed by atoms with van der Waals surface area (Å²) in [5, 5.41) is 25.1. The minimum atomic E-state index is -0.562. The van der Waals surface area contributed by atoms with Crippen molar-refractivity contribution in [2.24, 2.45) is 5.92 Å². The van der Waals surface area contributed by atoms with E-state index in [9.17, 15) is 19.8 Å². The molecule has 2 amide bonds. The summed E-state index contributed by atoms with van der Waals surface area (Å²) in [5.74, 6) is -1.05. The van der Waals surface area contributed by atoms with Gasteiger partial charge in [-0.25, -0.2) is 0 Å². The van der Waals surface area contributed by atoms with Crippen LogP contribution in [-0.4, -0.2) is 46.8 Å². The van der Waals surface area contributed by atoms with Gasteiger partial charge in [-0.1, -0.05) is 49.2 Å². The van der Waals surface area contributed by atoms with E-state index in [0.29, 0.717) is 12.8 Å². The summed E-state index contributed by atoms with van der Waals surface area (Å²) in [5.41, 5.74) is 0.460. The highest BCUT2D eigenvalue weighted by molar-refractivity contribution is 5.86. The molecule has 0 bridgehead atoms. The maximum atomic E-state index is 12.7. The lowest BCUT2D eigenvalue weighted by Crippen LogP contribution is -2.51. The van der Waals surface area contributed by atoms with Crippen LogP contribution in [0.15, 0.2) is 43.0 Å². The summed E-state index contributed by atoms with van der Waals surface area (Å²) < 4.78 is 0. The standard InChI is InChI=1S/C22H32N2O4/c1-2-8-18(21(28)24-22(16-26)11-6-7-12-22)14-20(27)23-19(15-25)13-17-9-4-3-5-10-17/h2-5,9-10,18-19,25-26H,1,6-8,11-16H2,(H,23,27)(H,24,28). The third-order valence-electron chi connectivity index (χ3n) is 5.42. The third-order valence-corrected chi connectivity index (χ3v) is 5.42. The van der Waals surface area contributed by atoms with Crippen molar-refractivity contribution in [3.05, 3.63) is 48.6 Å². The molecular formula is C22H32N2O4. The molecule has 4 N–H and O–H groups in total. The van der Waals surface area contributed by atoms with Crippen molar-refractivity contribution in [2.45, 2.75) is 56.5 Å². The van der Waals surface area contributed by atoms with E-state index in [1.54, 1.807) is 6.08 Å². The van der Waals surface area contributed by atoms with E-state index >= 15 is 0 Å². The number of hydrogen-bond acceptors (Lipinski definition) is 4. The van der Waals surface area contributed by atoms with Crippen LogP contribution < -0.4 is 10.6 Å². The van der Waals surface area contributed by atoms with Crippen molar-refractivity contribution >= 4 is 11.8 Å². The van der Waals surface area contributed by atoms with Crippen LogP contribution in [-0.2, 0) is 16.0 Å². The van der Waals surface area contributed by atoms with Crippen LogP contribution in [0.2, 0.25) is 0 Å². The monoisotopic (exact) mass is 388 g/mol. The van der Waals surface area contributed by atoms with Gasteiger partial charge in [-0.3, -0.25) is 9.59 Å². The number of aliphatic hydroxyl groups excluding tert-OH is 2. The summed E-state index contributed by atoms with van der Waals surface area (Å²) in [6, 6.07) is 9.22. The Labute approximate surface area is 167 Å². The molecule has 154 valence electrons. The fraction of sp³-hybridized carbons (Fsp3) is 0.545. The van der Waals surface area contributed by atoms with E-state index in [-0.39, 0.29) is 31.4 Å². The molecule has 2 atom stereocenters. The largest absolute Gasteiger partial charge is 0.394 e. The molecule has 1 saturated carbocycles. The molecule has 0 radical (unpaired) electrons. The Bertz CT molecular complexity index is 641. The second kappa shape index (κ2) is 11.0. The Kier molecular flexibility index (Phi) is 8.67. The van der Waals surface area contributed by atoms with E-state index < -0.39 is 17.5 Å². The summed E-state index contributed by atoms with van der Waals surface area (Å²) in [6.07, 6.45) is 6.02. The maximum absolute atomic E-state index is 12.7. The van der Waals surface area contributed by atoms with Crippen molar-refractivity contribution in [3.8, 4) is 0 Å². The van der Waals surface area contributed by atoms with Crippen molar-refractivity contribution in [1.29, 1.82) is 0 Å². The molecule has 0 heterocycles. The summed E-state index contributed by atoms with van der Waals surface area (Å²) in [4.78, 5) is 25.2. The zero-order valence-electron chi connectivity index (χ0n) is 16.4. The van der Waals surface area contributed by atoms with Gasteiger partial charge in [0.2, 0.25) is 11.8 Å². The fourth-order valence-corrected chi connectivity index (χ4v) is 3.79. The van der Waals surface area contributed by atoms with Gasteiger partial charge in [0.25, 0.3) is 0 Å². The van der Waals surface area contributed by atoms with Crippen LogP contribution in [0.1, 0.15) is 44.1 Å². The molecule has 1 aromatic rings. The first-order valence-electron chi connectivity index (χ1n) is 10.00. The quantitative estimate of drug-likeness (QED) is 0.434. The molecule has 0 spiro atoms. The molecule has 2 unspecified atom stereocenters. The number of carbonyl (C=O) groups excluding carboxylic acids is 2. The van der Waals surface area contributed by atoms with Gasteiger partial charge >= 0.3 is 0 Å². The molecular weight excluding hydrogens is 356 g/mol. The second-order valence-corrected chi connectivity index (χ2v) is 7.70. The first-order chi connectivity index (χ1) is 13.5. The number of aliphatic hydroxyl groups is 2. The number of nitrogens with one attached hydrogen (secondary N) is 2. The first kappa shape index (κ1) is 22.1. The van der Waals surface area contributed by atoms with Crippen LogP contribution >= 0.6 is 0 Å². The van der Waals surface area contributed by atoms with Crippen LogP contribution in [0.4, 0.5) is 0 Å². The van der Waals surface area contributed by atoms with Gasteiger partial charge in [-0.05, 0) is 31.2 Å². The maximum Gasteiger partial charge on any atom is 0.224 e. The van der Waals surface area contributed by atoms with Gasteiger partial charge in [0.1, 0.15) is 0 Å². The normalized spacial score (nSPS) is 17.5. The fourth-order valence-electron chi connectivity index (χ4n) is 3.79. The average molecular weight is 389 g/mol. The van der Waals surface area contributed by atoms with Crippen molar-refractivity contribution in [3.63, 3.8) is 0 Å². The van der Waals surface area contributed by atoms with Crippen LogP contribution in [0.5, 0.6) is 0 Å². The molecule has 6 heteroatoms. The van der Waals surface area contributed by atoms with Gasteiger partial charge in [0, 0.05) is 6.42 Å². The Morgan fingerprint density at radius 1 is 1.18 bits per heavy atom. The second-order valence-electron chi connectivity index (χ2n) is 7.70. The highest BCUT2D eigenvalue weighted by Crippen LogP contribution is 2.29. The Hall–Kier alpha value is -2.18. The topological polar surface area (TPSA) is 98.7 Å². The van der Waals surface area contributed by atoms with Crippen molar-refractivity contribution in [2.75, 3.05) is 13.2 Å². The smallest absolute Gasteiger partial charge is 0.224 e. The van der Waals surface area contributed by atoms with Crippen molar-refractivity contribution < 1.29 is 19.8 Å². The molecule has 1 aliphatic rings. The number of allylic oxidation sites excluding steroid dienone is 1. The molecule has 2 rings (SSSR count). The molecule has 0 aromatic heterocycles. The van der Waals surface area contributed by atoms with Crippen LogP contribution in [0, 0.1) is 5.92 Å². The lowest BCUT2D eigenvalue weighted by Gasteiger charge is -2.30. The average Bonchev–Trinajstić information content (AvgIpc) is 3.16. The lowest BCUT2D eigenvalue weighted by atomic mass is 9.94. The van der Waals surface area contributed by atoms with Gasteiger partial charge in [0.05, 0.1) is 30.7 Å². The minimum absolute atomic E-state index is 0.0185. The highest BCUT2D eigenvalue weighted by atomic mass is 16.3. The predicted octanol–water partition coefficient (Wildman–Crippen LogP) is 1.71. The summed E-state index contributed by atoms with van der Waals surface area (Å²) in [7, 11) is 0. The molecule has 28 heavy (non-hydrogen) atoms. The van der Waals surface area contributed by atoms with Gasteiger partial charge < -0.3 is 20.8 Å². The molecule has 1 aromatic carbocycles. The van der Waals surface area contributed by atoms with Crippen LogP contribution in [0.3, 0.4) is 0 Å². The van der Waals surface area contributed by atoms with Gasteiger partial charge in [-0.15, -0.1) is 6.58 Å². The number of rotatable bonds is 11. The number of benzene rings is 1. The highest BCUT2D eigenvalue weighted by Gasteiger charge is 2.36. The molecule has 1 aliphatic carbocycles. The predicted molar refractivity (Wildman–Crippen MR) is 109 cm³/mol. The number of hydrogen-bond donors (Lipinski definition) is 4.